The Kier molecular flexibility index (Phi) is 3.48. The Balaban J connectivity index is 2.35. The van der Waals surface area contributed by atoms with Crippen molar-refractivity contribution in [3.63, 3.8) is 0 Å². The molecule has 0 radical (unpaired) electrons. The first-order valence-corrected chi connectivity index (χ1v) is 5.94. The molecule has 0 atom stereocenters. The van der Waals surface area contributed by atoms with E-state index in [2.05, 4.69) is 16.7 Å². The minimum absolute atomic E-state index is 0.699. The lowest BCUT2D eigenvalue weighted by atomic mass is 10.2. The third-order valence-corrected chi connectivity index (χ3v) is 2.96. The molecule has 1 aromatic carbocycles. The van der Waals surface area contributed by atoms with Gasteiger partial charge in [0.2, 0.25) is 0 Å². The molecule has 1 aromatic heterocycles. The van der Waals surface area contributed by atoms with Crippen molar-refractivity contribution >= 4 is 22.5 Å². The Bertz CT molecular complexity index is 522. The molecular weight excluding hydrogens is 220 g/mol. The van der Waals surface area contributed by atoms with E-state index in [1.54, 1.807) is 0 Å². The van der Waals surface area contributed by atoms with Crippen molar-refractivity contribution in [2.75, 3.05) is 5.88 Å². The van der Waals surface area contributed by atoms with Crippen LogP contribution in [0.4, 0.5) is 0 Å². The minimum Gasteiger partial charge on any atom is -0.346 e. The highest BCUT2D eigenvalue weighted by Gasteiger charge is 2.06. The standard InChI is InChI=1S/C13H13ClN2/c14-7-3-4-8-16-10-11(9-15)12-5-1-2-6-13(12)16/h1-2,5-6,10H,3-4,7-8H2. The van der Waals surface area contributed by atoms with Gasteiger partial charge in [-0.25, -0.2) is 0 Å². The van der Waals surface area contributed by atoms with Crippen molar-refractivity contribution in [2.45, 2.75) is 19.4 Å². The fourth-order valence-corrected chi connectivity index (χ4v) is 2.09. The number of fused-ring (bicyclic) bond motifs is 1. The fraction of sp³-hybridized carbons (Fsp3) is 0.308. The Morgan fingerprint density at radius 2 is 2.06 bits per heavy atom. The maximum atomic E-state index is 9.04. The van der Waals surface area contributed by atoms with Gasteiger partial charge in [0.15, 0.2) is 0 Å². The maximum absolute atomic E-state index is 9.04. The van der Waals surface area contributed by atoms with Crippen LogP contribution in [0.5, 0.6) is 0 Å². The summed E-state index contributed by atoms with van der Waals surface area (Å²) in [6, 6.07) is 10.2. The molecule has 0 bridgehead atoms. The largest absolute Gasteiger partial charge is 0.346 e. The predicted octanol–water partition coefficient (Wildman–Crippen LogP) is 3.53. The zero-order valence-electron chi connectivity index (χ0n) is 8.99. The van der Waals surface area contributed by atoms with Crippen LogP contribution in [0.15, 0.2) is 30.5 Å². The summed E-state index contributed by atoms with van der Waals surface area (Å²) in [6.45, 7) is 0.926. The third kappa shape index (κ3) is 2.05. The van der Waals surface area contributed by atoms with Gasteiger partial charge in [-0.3, -0.25) is 0 Å². The molecule has 0 amide bonds. The number of para-hydroxylation sites is 1. The molecule has 0 saturated carbocycles. The summed E-state index contributed by atoms with van der Waals surface area (Å²) in [5.41, 5.74) is 1.88. The van der Waals surface area contributed by atoms with Crippen molar-refractivity contribution in [1.29, 1.82) is 5.26 Å². The van der Waals surface area contributed by atoms with E-state index in [0.717, 1.165) is 35.9 Å². The lowest BCUT2D eigenvalue weighted by molar-refractivity contribution is 0.652. The number of nitriles is 1. The number of alkyl halides is 1. The summed E-state index contributed by atoms with van der Waals surface area (Å²) in [7, 11) is 0. The molecule has 0 aliphatic heterocycles. The molecule has 0 aliphatic carbocycles. The molecule has 0 fully saturated rings. The molecular formula is C13H13ClN2. The van der Waals surface area contributed by atoms with Crippen molar-refractivity contribution in [3.8, 4) is 6.07 Å². The number of aromatic nitrogens is 1. The molecule has 0 aliphatic rings. The van der Waals surface area contributed by atoms with Crippen LogP contribution >= 0.6 is 11.6 Å². The summed E-state index contributed by atoms with van der Waals surface area (Å²) in [4.78, 5) is 0. The second-order valence-electron chi connectivity index (χ2n) is 3.76. The fourth-order valence-electron chi connectivity index (χ4n) is 1.90. The van der Waals surface area contributed by atoms with Crippen LogP contribution in [-0.2, 0) is 6.54 Å². The van der Waals surface area contributed by atoms with Gasteiger partial charge in [-0.2, -0.15) is 5.26 Å². The van der Waals surface area contributed by atoms with Gasteiger partial charge in [0, 0.05) is 29.5 Å². The van der Waals surface area contributed by atoms with Crippen molar-refractivity contribution in [1.82, 2.24) is 4.57 Å². The molecule has 0 spiro atoms. The topological polar surface area (TPSA) is 28.7 Å². The smallest absolute Gasteiger partial charge is 0.101 e. The quantitative estimate of drug-likeness (QED) is 0.586. The molecule has 16 heavy (non-hydrogen) atoms. The van der Waals surface area contributed by atoms with Crippen LogP contribution in [-0.4, -0.2) is 10.4 Å². The number of nitrogens with zero attached hydrogens (tertiary/aromatic N) is 2. The van der Waals surface area contributed by atoms with Gasteiger partial charge in [0.05, 0.1) is 5.56 Å². The van der Waals surface area contributed by atoms with Crippen LogP contribution in [0.1, 0.15) is 18.4 Å². The normalized spacial score (nSPS) is 10.5. The summed E-state index contributed by atoms with van der Waals surface area (Å²) in [5, 5.41) is 10.1. The molecule has 0 unspecified atom stereocenters. The van der Waals surface area contributed by atoms with Gasteiger partial charge in [-0.15, -0.1) is 11.6 Å². The zero-order chi connectivity index (χ0) is 11.4. The van der Waals surface area contributed by atoms with Gasteiger partial charge < -0.3 is 4.57 Å². The second kappa shape index (κ2) is 5.05. The summed E-state index contributed by atoms with van der Waals surface area (Å²) in [5.74, 6) is 0.699. The average molecular weight is 233 g/mol. The number of hydrogen-bond donors (Lipinski definition) is 0. The summed E-state index contributed by atoms with van der Waals surface area (Å²) < 4.78 is 2.14. The monoisotopic (exact) mass is 232 g/mol. The van der Waals surface area contributed by atoms with E-state index < -0.39 is 0 Å². The molecule has 2 nitrogen and oxygen atoms in total. The van der Waals surface area contributed by atoms with E-state index in [0.29, 0.717) is 5.88 Å². The van der Waals surface area contributed by atoms with E-state index >= 15 is 0 Å². The highest BCUT2D eigenvalue weighted by molar-refractivity contribution is 6.17. The first-order valence-electron chi connectivity index (χ1n) is 5.40. The van der Waals surface area contributed by atoms with Gasteiger partial charge in [0.1, 0.15) is 6.07 Å². The molecule has 3 heteroatoms. The van der Waals surface area contributed by atoms with Crippen LogP contribution in [0.25, 0.3) is 10.9 Å². The number of aryl methyl sites for hydroxylation is 1. The Hall–Kier alpha value is -1.46. The summed E-state index contributed by atoms with van der Waals surface area (Å²) >= 11 is 5.66. The summed E-state index contributed by atoms with van der Waals surface area (Å²) in [6.07, 6.45) is 3.99. The molecule has 0 saturated heterocycles. The number of halogens is 1. The molecule has 2 rings (SSSR count). The number of benzene rings is 1. The third-order valence-electron chi connectivity index (χ3n) is 2.69. The van der Waals surface area contributed by atoms with Gasteiger partial charge in [-0.1, -0.05) is 18.2 Å². The van der Waals surface area contributed by atoms with E-state index in [1.807, 2.05) is 24.4 Å². The van der Waals surface area contributed by atoms with Gasteiger partial charge >= 0.3 is 0 Å². The van der Waals surface area contributed by atoms with Crippen molar-refractivity contribution in [2.24, 2.45) is 0 Å². The molecule has 1 heterocycles. The number of unbranched alkanes of at least 4 members (excludes halogenated alkanes) is 1. The SMILES string of the molecule is N#Cc1cn(CCCCCl)c2ccccc12. The Morgan fingerprint density at radius 1 is 1.25 bits per heavy atom. The highest BCUT2D eigenvalue weighted by atomic mass is 35.5. The van der Waals surface area contributed by atoms with E-state index in [4.69, 9.17) is 16.9 Å². The minimum atomic E-state index is 0.699. The molecule has 0 N–H and O–H groups in total. The van der Waals surface area contributed by atoms with Crippen LogP contribution in [0.2, 0.25) is 0 Å². The Labute approximate surface area is 100 Å². The van der Waals surface area contributed by atoms with E-state index in [9.17, 15) is 0 Å². The van der Waals surface area contributed by atoms with E-state index in [-0.39, 0.29) is 0 Å². The number of rotatable bonds is 4. The second-order valence-corrected chi connectivity index (χ2v) is 4.14. The van der Waals surface area contributed by atoms with Gasteiger partial charge in [0.25, 0.3) is 0 Å². The van der Waals surface area contributed by atoms with Crippen molar-refractivity contribution in [3.05, 3.63) is 36.0 Å². The van der Waals surface area contributed by atoms with Crippen LogP contribution in [0, 0.1) is 11.3 Å². The van der Waals surface area contributed by atoms with Gasteiger partial charge in [-0.05, 0) is 18.9 Å². The first-order chi connectivity index (χ1) is 7.86. The first kappa shape index (κ1) is 11.0. The maximum Gasteiger partial charge on any atom is 0.101 e. The molecule has 82 valence electrons. The predicted molar refractivity (Wildman–Crippen MR) is 66.6 cm³/mol. The Morgan fingerprint density at radius 3 is 2.81 bits per heavy atom. The lowest BCUT2D eigenvalue weighted by Crippen LogP contribution is -1.96. The average Bonchev–Trinajstić information content (AvgIpc) is 2.68. The lowest BCUT2D eigenvalue weighted by Gasteiger charge is -2.03. The van der Waals surface area contributed by atoms with Crippen LogP contribution < -0.4 is 0 Å². The van der Waals surface area contributed by atoms with Crippen LogP contribution in [0.3, 0.4) is 0 Å². The van der Waals surface area contributed by atoms with E-state index in [1.165, 1.54) is 0 Å². The van der Waals surface area contributed by atoms with Crippen molar-refractivity contribution < 1.29 is 0 Å². The number of hydrogen-bond acceptors (Lipinski definition) is 1. The highest BCUT2D eigenvalue weighted by Crippen LogP contribution is 2.20. The molecule has 2 aromatic rings. The zero-order valence-corrected chi connectivity index (χ0v) is 9.74.